The van der Waals surface area contributed by atoms with Gasteiger partial charge in [0.2, 0.25) is 0 Å². The largest absolute Gasteiger partial charge is 0.452 e. The number of hydrazone groups is 1. The fourth-order valence-electron chi connectivity index (χ4n) is 1.78. The average Bonchev–Trinajstić information content (AvgIpc) is 2.76. The Balaban J connectivity index is 2.16. The quantitative estimate of drug-likeness (QED) is 0.694. The van der Waals surface area contributed by atoms with Crippen LogP contribution in [0.5, 0.6) is 0 Å². The first kappa shape index (κ1) is 16.0. The Kier molecular flexibility index (Phi) is 5.11. The Morgan fingerprint density at radius 1 is 1.50 bits per heavy atom. The predicted octanol–water partition coefficient (Wildman–Crippen LogP) is 2.72. The summed E-state index contributed by atoms with van der Waals surface area (Å²) >= 11 is 6.25. The molecule has 1 N–H and O–H groups in total. The summed E-state index contributed by atoms with van der Waals surface area (Å²) in [5, 5.41) is 8.40. The standard InChI is InChI=1S/C14H14ClFN4O2/c1-9-12(7-17-18-14(21)22-2)13(15)20(19-9)8-10-3-5-11(16)6-4-10/h3-7H,8H2,1-2H3,(H,18,21)/b17-7+. The Labute approximate surface area is 131 Å². The van der Waals surface area contributed by atoms with Gasteiger partial charge in [-0.3, -0.25) is 0 Å². The maximum Gasteiger partial charge on any atom is 0.427 e. The molecule has 1 heterocycles. The van der Waals surface area contributed by atoms with Crippen LogP contribution in [0.3, 0.4) is 0 Å². The molecule has 2 rings (SSSR count). The Hall–Kier alpha value is -2.41. The first-order valence-electron chi connectivity index (χ1n) is 6.35. The molecule has 0 bridgehead atoms. The maximum atomic E-state index is 12.9. The van der Waals surface area contributed by atoms with Crippen molar-refractivity contribution in [2.45, 2.75) is 13.5 Å². The molecule has 0 radical (unpaired) electrons. The van der Waals surface area contributed by atoms with Gasteiger partial charge < -0.3 is 4.74 Å². The molecule has 6 nitrogen and oxygen atoms in total. The second-order valence-electron chi connectivity index (χ2n) is 4.44. The summed E-state index contributed by atoms with van der Waals surface area (Å²) < 4.78 is 18.9. The summed E-state index contributed by atoms with van der Waals surface area (Å²) in [6, 6.07) is 6.08. The lowest BCUT2D eigenvalue weighted by molar-refractivity contribution is 0.171. The van der Waals surface area contributed by atoms with E-state index in [-0.39, 0.29) is 5.82 Å². The highest BCUT2D eigenvalue weighted by molar-refractivity contribution is 6.32. The zero-order valence-corrected chi connectivity index (χ0v) is 12.8. The van der Waals surface area contributed by atoms with Gasteiger partial charge in [-0.2, -0.15) is 10.2 Å². The fourth-order valence-corrected chi connectivity index (χ4v) is 2.06. The van der Waals surface area contributed by atoms with E-state index in [0.717, 1.165) is 5.56 Å². The number of halogens is 2. The number of aryl methyl sites for hydroxylation is 1. The minimum absolute atomic E-state index is 0.298. The van der Waals surface area contributed by atoms with Crippen LogP contribution in [0, 0.1) is 12.7 Å². The van der Waals surface area contributed by atoms with Crippen molar-refractivity contribution in [3.8, 4) is 0 Å². The van der Waals surface area contributed by atoms with Crippen LogP contribution in [0.1, 0.15) is 16.8 Å². The lowest BCUT2D eigenvalue weighted by Gasteiger charge is -2.03. The third-order valence-electron chi connectivity index (χ3n) is 2.89. The number of nitrogens with zero attached hydrogens (tertiary/aromatic N) is 3. The normalized spacial score (nSPS) is 10.9. The number of hydrogen-bond donors (Lipinski definition) is 1. The van der Waals surface area contributed by atoms with Crippen LogP contribution in [-0.4, -0.2) is 29.2 Å². The van der Waals surface area contributed by atoms with Crippen LogP contribution in [0.2, 0.25) is 5.15 Å². The molecule has 22 heavy (non-hydrogen) atoms. The highest BCUT2D eigenvalue weighted by Crippen LogP contribution is 2.19. The molecule has 0 aliphatic heterocycles. The highest BCUT2D eigenvalue weighted by Gasteiger charge is 2.12. The summed E-state index contributed by atoms with van der Waals surface area (Å²) in [4.78, 5) is 10.9. The molecule has 0 aliphatic carbocycles. The maximum absolute atomic E-state index is 12.9. The van der Waals surface area contributed by atoms with E-state index >= 15 is 0 Å². The van der Waals surface area contributed by atoms with Gasteiger partial charge in [0.15, 0.2) is 0 Å². The summed E-state index contributed by atoms with van der Waals surface area (Å²) in [6.45, 7) is 2.17. The van der Waals surface area contributed by atoms with E-state index < -0.39 is 6.09 Å². The van der Waals surface area contributed by atoms with E-state index in [1.807, 2.05) is 0 Å². The van der Waals surface area contributed by atoms with Crippen LogP contribution in [0.25, 0.3) is 0 Å². The van der Waals surface area contributed by atoms with E-state index in [0.29, 0.717) is 23.0 Å². The zero-order valence-electron chi connectivity index (χ0n) is 12.0. The van der Waals surface area contributed by atoms with Gasteiger partial charge in [0.25, 0.3) is 0 Å². The zero-order chi connectivity index (χ0) is 16.1. The minimum Gasteiger partial charge on any atom is -0.452 e. The smallest absolute Gasteiger partial charge is 0.427 e. The van der Waals surface area contributed by atoms with Crippen LogP contribution in [0.4, 0.5) is 9.18 Å². The molecular weight excluding hydrogens is 311 g/mol. The second-order valence-corrected chi connectivity index (χ2v) is 4.79. The molecule has 0 saturated heterocycles. The number of amides is 1. The van der Waals surface area contributed by atoms with Gasteiger partial charge in [-0.1, -0.05) is 23.7 Å². The summed E-state index contributed by atoms with van der Waals surface area (Å²) in [5.74, 6) is -0.298. The van der Waals surface area contributed by atoms with E-state index in [4.69, 9.17) is 11.6 Å². The van der Waals surface area contributed by atoms with Gasteiger partial charge in [-0.15, -0.1) is 0 Å². The van der Waals surface area contributed by atoms with Crippen molar-refractivity contribution < 1.29 is 13.9 Å². The fraction of sp³-hybridized carbons (Fsp3) is 0.214. The number of carbonyl (C=O) groups is 1. The topological polar surface area (TPSA) is 68.5 Å². The highest BCUT2D eigenvalue weighted by atomic mass is 35.5. The number of benzene rings is 1. The number of hydrogen-bond acceptors (Lipinski definition) is 4. The Morgan fingerprint density at radius 3 is 2.82 bits per heavy atom. The van der Waals surface area contributed by atoms with Crippen molar-refractivity contribution in [3.63, 3.8) is 0 Å². The Morgan fingerprint density at radius 2 is 2.18 bits per heavy atom. The molecule has 0 aliphatic rings. The molecule has 0 unspecified atom stereocenters. The predicted molar refractivity (Wildman–Crippen MR) is 80.6 cm³/mol. The number of rotatable bonds is 4. The summed E-state index contributed by atoms with van der Waals surface area (Å²) in [6.07, 6.45) is 0.715. The molecule has 0 atom stereocenters. The van der Waals surface area contributed by atoms with Crippen LogP contribution in [0.15, 0.2) is 29.4 Å². The number of methoxy groups -OCH3 is 1. The lowest BCUT2D eigenvalue weighted by Crippen LogP contribution is -2.16. The van der Waals surface area contributed by atoms with Crippen molar-refractivity contribution in [1.29, 1.82) is 0 Å². The van der Waals surface area contributed by atoms with E-state index in [2.05, 4.69) is 20.4 Å². The first-order chi connectivity index (χ1) is 10.5. The molecule has 116 valence electrons. The number of carbonyl (C=O) groups excluding carboxylic acids is 1. The molecule has 0 saturated carbocycles. The van der Waals surface area contributed by atoms with Gasteiger partial charge in [0.1, 0.15) is 11.0 Å². The molecular formula is C14H14ClFN4O2. The number of aromatic nitrogens is 2. The van der Waals surface area contributed by atoms with Gasteiger partial charge >= 0.3 is 6.09 Å². The molecule has 1 aromatic heterocycles. The second kappa shape index (κ2) is 7.04. The number of nitrogens with one attached hydrogen (secondary N) is 1. The first-order valence-corrected chi connectivity index (χ1v) is 6.73. The molecule has 2 aromatic rings. The van der Waals surface area contributed by atoms with Crippen molar-refractivity contribution in [3.05, 3.63) is 52.1 Å². The van der Waals surface area contributed by atoms with Gasteiger partial charge in [-0.25, -0.2) is 19.3 Å². The van der Waals surface area contributed by atoms with Gasteiger partial charge in [0, 0.05) is 0 Å². The summed E-state index contributed by atoms with van der Waals surface area (Å²) in [5.41, 5.74) is 4.27. The van der Waals surface area contributed by atoms with Crippen molar-refractivity contribution in [2.24, 2.45) is 5.10 Å². The third kappa shape index (κ3) is 3.82. The lowest BCUT2D eigenvalue weighted by atomic mass is 10.2. The molecule has 8 heteroatoms. The van der Waals surface area contributed by atoms with Crippen molar-refractivity contribution in [1.82, 2.24) is 15.2 Å². The van der Waals surface area contributed by atoms with E-state index in [1.54, 1.807) is 23.7 Å². The monoisotopic (exact) mass is 324 g/mol. The summed E-state index contributed by atoms with van der Waals surface area (Å²) in [7, 11) is 1.24. The SMILES string of the molecule is COC(=O)N/N=C/c1c(C)nn(Cc2ccc(F)cc2)c1Cl. The van der Waals surface area contributed by atoms with Crippen molar-refractivity contribution in [2.75, 3.05) is 7.11 Å². The average molecular weight is 325 g/mol. The van der Waals surface area contributed by atoms with Crippen LogP contribution >= 0.6 is 11.6 Å². The number of ether oxygens (including phenoxy) is 1. The van der Waals surface area contributed by atoms with Crippen LogP contribution < -0.4 is 5.43 Å². The van der Waals surface area contributed by atoms with Gasteiger partial charge in [-0.05, 0) is 24.6 Å². The van der Waals surface area contributed by atoms with Gasteiger partial charge in [0.05, 0.1) is 31.1 Å². The minimum atomic E-state index is -0.677. The molecule has 0 spiro atoms. The molecule has 0 fully saturated rings. The third-order valence-corrected chi connectivity index (χ3v) is 3.29. The molecule has 1 aromatic carbocycles. The Bertz CT molecular complexity index is 698. The van der Waals surface area contributed by atoms with Crippen molar-refractivity contribution >= 4 is 23.9 Å². The van der Waals surface area contributed by atoms with Crippen LogP contribution in [-0.2, 0) is 11.3 Å². The molecule has 1 amide bonds. The van der Waals surface area contributed by atoms with E-state index in [9.17, 15) is 9.18 Å². The van der Waals surface area contributed by atoms with E-state index in [1.165, 1.54) is 25.5 Å².